The molecule has 0 fully saturated rings. The van der Waals surface area contributed by atoms with Gasteiger partial charge in [0.2, 0.25) is 0 Å². The lowest BCUT2D eigenvalue weighted by Crippen LogP contribution is -2.19. The number of aromatic nitrogens is 2. The van der Waals surface area contributed by atoms with Crippen LogP contribution in [0.3, 0.4) is 0 Å². The van der Waals surface area contributed by atoms with Crippen LogP contribution in [-0.2, 0) is 17.8 Å². The molecule has 3 aromatic rings. The van der Waals surface area contributed by atoms with E-state index in [1.165, 1.54) is 16.9 Å². The number of hydrogen-bond donors (Lipinski definition) is 1. The summed E-state index contributed by atoms with van der Waals surface area (Å²) >= 11 is 1.31. The zero-order valence-electron chi connectivity index (χ0n) is 15.2. The minimum Gasteiger partial charge on any atom is -0.462 e. The topological polar surface area (TPSA) is 81.3 Å². The van der Waals surface area contributed by atoms with Crippen molar-refractivity contribution in [3.63, 3.8) is 0 Å². The van der Waals surface area contributed by atoms with Gasteiger partial charge in [0.05, 0.1) is 18.5 Å². The van der Waals surface area contributed by atoms with Crippen molar-refractivity contribution in [2.24, 2.45) is 0 Å². The van der Waals surface area contributed by atoms with Crippen molar-refractivity contribution in [1.29, 1.82) is 0 Å². The summed E-state index contributed by atoms with van der Waals surface area (Å²) in [5, 5.41) is 0.743. The molecule has 0 spiro atoms. The SMILES string of the molecule is CCOC(=O)c1sc2nc(CN(C)Cc3ccccc3)nc(N)c2c1C. The monoisotopic (exact) mass is 370 g/mol. The van der Waals surface area contributed by atoms with E-state index in [1.54, 1.807) is 6.92 Å². The lowest BCUT2D eigenvalue weighted by atomic mass is 10.2. The van der Waals surface area contributed by atoms with Gasteiger partial charge >= 0.3 is 5.97 Å². The van der Waals surface area contributed by atoms with Crippen LogP contribution in [0.5, 0.6) is 0 Å². The molecule has 0 unspecified atom stereocenters. The first-order valence-corrected chi connectivity index (χ1v) is 9.26. The van der Waals surface area contributed by atoms with Gasteiger partial charge in [0.1, 0.15) is 21.3 Å². The van der Waals surface area contributed by atoms with E-state index in [0.29, 0.717) is 29.7 Å². The molecule has 2 N–H and O–H groups in total. The molecular weight excluding hydrogens is 348 g/mol. The predicted molar refractivity (Wildman–Crippen MR) is 104 cm³/mol. The van der Waals surface area contributed by atoms with Gasteiger partial charge in [-0.3, -0.25) is 4.90 Å². The first-order chi connectivity index (χ1) is 12.5. The minimum absolute atomic E-state index is 0.337. The quantitative estimate of drug-likeness (QED) is 0.670. The van der Waals surface area contributed by atoms with Crippen molar-refractivity contribution < 1.29 is 9.53 Å². The summed E-state index contributed by atoms with van der Waals surface area (Å²) in [7, 11) is 2.01. The molecule has 136 valence electrons. The zero-order valence-corrected chi connectivity index (χ0v) is 16.0. The molecule has 0 saturated heterocycles. The van der Waals surface area contributed by atoms with Crippen molar-refractivity contribution in [2.45, 2.75) is 26.9 Å². The molecule has 0 bridgehead atoms. The summed E-state index contributed by atoms with van der Waals surface area (Å²) in [4.78, 5) is 24.6. The Hall–Kier alpha value is -2.51. The van der Waals surface area contributed by atoms with E-state index in [9.17, 15) is 4.79 Å². The van der Waals surface area contributed by atoms with Crippen molar-refractivity contribution in [2.75, 3.05) is 19.4 Å². The lowest BCUT2D eigenvalue weighted by molar-refractivity contribution is 0.0531. The smallest absolute Gasteiger partial charge is 0.348 e. The van der Waals surface area contributed by atoms with Crippen LogP contribution in [0.2, 0.25) is 0 Å². The average molecular weight is 370 g/mol. The van der Waals surface area contributed by atoms with Crippen LogP contribution in [0.15, 0.2) is 30.3 Å². The van der Waals surface area contributed by atoms with E-state index < -0.39 is 0 Å². The number of carbonyl (C=O) groups excluding carboxylic acids is 1. The Balaban J connectivity index is 1.85. The number of anilines is 1. The Morgan fingerprint density at radius 1 is 1.23 bits per heavy atom. The zero-order chi connectivity index (χ0) is 18.7. The highest BCUT2D eigenvalue weighted by atomic mass is 32.1. The maximum absolute atomic E-state index is 12.1. The van der Waals surface area contributed by atoms with E-state index in [0.717, 1.165) is 22.3 Å². The highest BCUT2D eigenvalue weighted by Crippen LogP contribution is 2.33. The van der Waals surface area contributed by atoms with Crippen LogP contribution in [0.25, 0.3) is 10.2 Å². The van der Waals surface area contributed by atoms with Gasteiger partial charge in [-0.25, -0.2) is 14.8 Å². The Labute approximate surface area is 156 Å². The number of nitrogen functional groups attached to an aromatic ring is 1. The highest BCUT2D eigenvalue weighted by Gasteiger charge is 2.20. The molecule has 0 amide bonds. The van der Waals surface area contributed by atoms with Gasteiger partial charge in [0.25, 0.3) is 0 Å². The number of rotatable bonds is 6. The second-order valence-corrected chi connectivity index (χ2v) is 7.14. The maximum Gasteiger partial charge on any atom is 0.348 e. The van der Waals surface area contributed by atoms with Crippen LogP contribution in [0.4, 0.5) is 5.82 Å². The van der Waals surface area contributed by atoms with Gasteiger partial charge in [-0.2, -0.15) is 0 Å². The van der Waals surface area contributed by atoms with Crippen LogP contribution < -0.4 is 5.73 Å². The highest BCUT2D eigenvalue weighted by molar-refractivity contribution is 7.20. The molecular formula is C19H22N4O2S. The molecule has 6 nitrogen and oxygen atoms in total. The number of thiophene rings is 1. The number of aryl methyl sites for hydroxylation is 1. The van der Waals surface area contributed by atoms with Crippen molar-refractivity contribution in [3.05, 3.63) is 52.2 Å². The lowest BCUT2D eigenvalue weighted by Gasteiger charge is -2.16. The third kappa shape index (κ3) is 3.84. The normalized spacial score (nSPS) is 11.2. The number of hydrogen-bond acceptors (Lipinski definition) is 7. The molecule has 0 aliphatic rings. The number of nitrogens with two attached hydrogens (primary N) is 1. The number of benzene rings is 1. The first kappa shape index (κ1) is 18.3. The Kier molecular flexibility index (Phi) is 5.49. The van der Waals surface area contributed by atoms with E-state index in [1.807, 2.05) is 32.2 Å². The number of esters is 1. The second kappa shape index (κ2) is 7.80. The molecule has 0 radical (unpaired) electrons. The van der Waals surface area contributed by atoms with Crippen molar-refractivity contribution >= 4 is 33.3 Å². The van der Waals surface area contributed by atoms with Gasteiger partial charge in [0.15, 0.2) is 0 Å². The average Bonchev–Trinajstić information content (AvgIpc) is 2.93. The molecule has 2 heterocycles. The molecule has 2 aromatic heterocycles. The Bertz CT molecular complexity index is 924. The largest absolute Gasteiger partial charge is 0.462 e. The fraction of sp³-hybridized carbons (Fsp3) is 0.316. The molecule has 0 saturated carbocycles. The first-order valence-electron chi connectivity index (χ1n) is 8.44. The summed E-state index contributed by atoms with van der Waals surface area (Å²) in [6, 6.07) is 10.2. The van der Waals surface area contributed by atoms with Crippen LogP contribution >= 0.6 is 11.3 Å². The summed E-state index contributed by atoms with van der Waals surface area (Å²) in [5.41, 5.74) is 8.16. The van der Waals surface area contributed by atoms with Gasteiger partial charge in [0, 0.05) is 6.54 Å². The molecule has 0 aliphatic heterocycles. The van der Waals surface area contributed by atoms with Crippen LogP contribution in [0.1, 0.15) is 33.5 Å². The molecule has 7 heteroatoms. The number of ether oxygens (including phenoxy) is 1. The third-order valence-corrected chi connectivity index (χ3v) is 5.20. The van der Waals surface area contributed by atoms with E-state index in [2.05, 4.69) is 27.0 Å². The molecule has 26 heavy (non-hydrogen) atoms. The van der Waals surface area contributed by atoms with Crippen LogP contribution in [-0.4, -0.2) is 34.5 Å². The van der Waals surface area contributed by atoms with Gasteiger partial charge in [-0.05, 0) is 32.0 Å². The molecule has 1 aromatic carbocycles. The summed E-state index contributed by atoms with van der Waals surface area (Å²) in [6.45, 7) is 5.34. The van der Waals surface area contributed by atoms with Gasteiger partial charge < -0.3 is 10.5 Å². The Morgan fingerprint density at radius 2 is 1.96 bits per heavy atom. The fourth-order valence-electron chi connectivity index (χ4n) is 2.87. The van der Waals surface area contributed by atoms with E-state index in [4.69, 9.17) is 10.5 Å². The number of nitrogens with zero attached hydrogens (tertiary/aromatic N) is 3. The summed E-state index contributed by atoms with van der Waals surface area (Å²) < 4.78 is 5.11. The van der Waals surface area contributed by atoms with E-state index in [-0.39, 0.29) is 5.97 Å². The summed E-state index contributed by atoms with van der Waals surface area (Å²) in [6.07, 6.45) is 0. The van der Waals surface area contributed by atoms with Gasteiger partial charge in [-0.1, -0.05) is 30.3 Å². The van der Waals surface area contributed by atoms with Gasteiger partial charge in [-0.15, -0.1) is 11.3 Å². The molecule has 0 aliphatic carbocycles. The fourth-order valence-corrected chi connectivity index (χ4v) is 3.97. The third-order valence-electron chi connectivity index (χ3n) is 4.03. The number of fused-ring (bicyclic) bond motifs is 1. The second-order valence-electron chi connectivity index (χ2n) is 6.14. The van der Waals surface area contributed by atoms with Crippen molar-refractivity contribution in [3.8, 4) is 0 Å². The summed E-state index contributed by atoms with van der Waals surface area (Å²) in [5.74, 6) is 0.711. The minimum atomic E-state index is -0.338. The predicted octanol–water partition coefficient (Wildman–Crippen LogP) is 3.39. The Morgan fingerprint density at radius 3 is 2.65 bits per heavy atom. The molecule has 3 rings (SSSR count). The maximum atomic E-state index is 12.1. The van der Waals surface area contributed by atoms with E-state index >= 15 is 0 Å². The number of carbonyl (C=O) groups is 1. The van der Waals surface area contributed by atoms with Crippen molar-refractivity contribution in [1.82, 2.24) is 14.9 Å². The van der Waals surface area contributed by atoms with Crippen LogP contribution in [0, 0.1) is 6.92 Å². The molecule has 0 atom stereocenters. The standard InChI is InChI=1S/C19H22N4O2S/c1-4-25-19(24)16-12(2)15-17(20)21-14(22-18(15)26-16)11-23(3)10-13-8-6-5-7-9-13/h5-9H,4,10-11H2,1-3H3,(H2,20,21,22).